The van der Waals surface area contributed by atoms with Gasteiger partial charge in [-0.05, 0) is 43.0 Å². The molecule has 1 heterocycles. The minimum Gasteiger partial charge on any atom is -0.394 e. The topological polar surface area (TPSA) is 55.9 Å². The van der Waals surface area contributed by atoms with E-state index in [0.717, 1.165) is 54.1 Å². The number of benzene rings is 1. The van der Waals surface area contributed by atoms with Crippen LogP contribution in [0.1, 0.15) is 30.2 Å². The van der Waals surface area contributed by atoms with Crippen LogP contribution in [0.5, 0.6) is 0 Å². The number of aromatic nitrogens is 2. The van der Waals surface area contributed by atoms with Crippen LogP contribution < -0.4 is 11.1 Å². The Labute approximate surface area is 125 Å². The summed E-state index contributed by atoms with van der Waals surface area (Å²) < 4.78 is 14.9. The van der Waals surface area contributed by atoms with Gasteiger partial charge in [0.2, 0.25) is 0 Å². The number of rotatable bonds is 6. The molecule has 3 N–H and O–H groups in total. The molecule has 0 saturated heterocycles. The molecule has 0 spiro atoms. The largest absolute Gasteiger partial charge is 0.394 e. The van der Waals surface area contributed by atoms with Gasteiger partial charge in [0.05, 0.1) is 11.4 Å². The molecule has 0 aliphatic carbocycles. The van der Waals surface area contributed by atoms with Crippen LogP contribution in [-0.2, 0) is 19.9 Å². The van der Waals surface area contributed by atoms with Crippen LogP contribution in [0.3, 0.4) is 0 Å². The molecule has 0 unspecified atom stereocenters. The lowest BCUT2D eigenvalue weighted by molar-refractivity contribution is 0.625. The van der Waals surface area contributed by atoms with E-state index >= 15 is 0 Å². The maximum absolute atomic E-state index is 13.1. The normalized spacial score (nSPS) is 10.9. The molecule has 0 bridgehead atoms. The third kappa shape index (κ3) is 3.54. The predicted molar refractivity (Wildman–Crippen MR) is 84.9 cm³/mol. The number of halogens is 1. The average Bonchev–Trinajstić information content (AvgIpc) is 2.69. The molecule has 0 saturated carbocycles. The summed E-state index contributed by atoms with van der Waals surface area (Å²) in [4.78, 5) is 0. The first-order valence-corrected chi connectivity index (χ1v) is 7.33. The summed E-state index contributed by atoms with van der Waals surface area (Å²) in [6.45, 7) is 4.77. The molecule has 2 rings (SSSR count). The summed E-state index contributed by atoms with van der Waals surface area (Å²) in [5, 5.41) is 7.77. The van der Waals surface area contributed by atoms with Crippen molar-refractivity contribution < 1.29 is 4.39 Å². The molecular formula is C16H23FN4. The van der Waals surface area contributed by atoms with Gasteiger partial charge in [-0.1, -0.05) is 19.4 Å². The van der Waals surface area contributed by atoms with E-state index < -0.39 is 0 Å². The number of aryl methyl sites for hydroxylation is 3. The molecular weight excluding hydrogens is 267 g/mol. The molecule has 0 fully saturated rings. The standard InChI is InChI=1S/C16H23FN4/c1-4-5-14-15(18)16(21(3)20-14)19-9-8-12-6-7-13(17)10-11(12)2/h6-7,10,19H,4-5,8-9,18H2,1-3H3. The first-order valence-electron chi connectivity index (χ1n) is 7.33. The number of nitrogens with two attached hydrogens (primary N) is 1. The fourth-order valence-electron chi connectivity index (χ4n) is 2.48. The molecule has 5 heteroatoms. The smallest absolute Gasteiger partial charge is 0.147 e. The Morgan fingerprint density at radius 1 is 1.33 bits per heavy atom. The molecule has 0 atom stereocenters. The lowest BCUT2D eigenvalue weighted by atomic mass is 10.1. The van der Waals surface area contributed by atoms with Crippen molar-refractivity contribution in [1.82, 2.24) is 9.78 Å². The molecule has 0 aliphatic heterocycles. The van der Waals surface area contributed by atoms with Crippen molar-refractivity contribution in [2.45, 2.75) is 33.1 Å². The quantitative estimate of drug-likeness (QED) is 0.859. The molecule has 0 radical (unpaired) electrons. The minimum atomic E-state index is -0.190. The second kappa shape index (κ2) is 6.61. The first kappa shape index (κ1) is 15.4. The van der Waals surface area contributed by atoms with Crippen LogP contribution in [0.2, 0.25) is 0 Å². The molecule has 21 heavy (non-hydrogen) atoms. The van der Waals surface area contributed by atoms with Crippen molar-refractivity contribution in [3.63, 3.8) is 0 Å². The Morgan fingerprint density at radius 2 is 2.10 bits per heavy atom. The Balaban J connectivity index is 2.00. The van der Waals surface area contributed by atoms with Crippen LogP contribution in [0, 0.1) is 12.7 Å². The highest BCUT2D eigenvalue weighted by atomic mass is 19.1. The van der Waals surface area contributed by atoms with Gasteiger partial charge in [0.25, 0.3) is 0 Å². The number of hydrogen-bond donors (Lipinski definition) is 2. The average molecular weight is 290 g/mol. The summed E-state index contributed by atoms with van der Waals surface area (Å²) in [6, 6.07) is 4.90. The Kier molecular flexibility index (Phi) is 4.83. The fraction of sp³-hybridized carbons (Fsp3) is 0.438. The van der Waals surface area contributed by atoms with Crippen molar-refractivity contribution in [3.05, 3.63) is 40.8 Å². The Morgan fingerprint density at radius 3 is 2.76 bits per heavy atom. The summed E-state index contributed by atoms with van der Waals surface area (Å²) in [7, 11) is 1.89. The zero-order valence-corrected chi connectivity index (χ0v) is 12.9. The highest BCUT2D eigenvalue weighted by Crippen LogP contribution is 2.23. The first-order chi connectivity index (χ1) is 10.0. The molecule has 4 nitrogen and oxygen atoms in total. The fourth-order valence-corrected chi connectivity index (χ4v) is 2.48. The van der Waals surface area contributed by atoms with E-state index in [1.54, 1.807) is 10.7 Å². The maximum Gasteiger partial charge on any atom is 0.147 e. The van der Waals surface area contributed by atoms with E-state index in [9.17, 15) is 4.39 Å². The van der Waals surface area contributed by atoms with Gasteiger partial charge < -0.3 is 11.1 Å². The highest BCUT2D eigenvalue weighted by Gasteiger charge is 2.12. The van der Waals surface area contributed by atoms with Crippen molar-refractivity contribution in [2.24, 2.45) is 7.05 Å². The van der Waals surface area contributed by atoms with Crippen molar-refractivity contribution in [1.29, 1.82) is 0 Å². The van der Waals surface area contributed by atoms with Crippen molar-refractivity contribution in [2.75, 3.05) is 17.6 Å². The van der Waals surface area contributed by atoms with Crippen LogP contribution in [0.4, 0.5) is 15.9 Å². The van der Waals surface area contributed by atoms with Crippen LogP contribution >= 0.6 is 0 Å². The van der Waals surface area contributed by atoms with Crippen LogP contribution in [0.15, 0.2) is 18.2 Å². The molecule has 1 aromatic carbocycles. The minimum absolute atomic E-state index is 0.190. The van der Waals surface area contributed by atoms with E-state index in [2.05, 4.69) is 17.3 Å². The predicted octanol–water partition coefficient (Wildman–Crippen LogP) is 3.06. The van der Waals surface area contributed by atoms with Crippen molar-refractivity contribution >= 4 is 11.5 Å². The molecule has 0 aliphatic rings. The summed E-state index contributed by atoms with van der Waals surface area (Å²) >= 11 is 0. The summed E-state index contributed by atoms with van der Waals surface area (Å²) in [6.07, 6.45) is 2.73. The Bertz CT molecular complexity index is 619. The zero-order valence-electron chi connectivity index (χ0n) is 12.9. The third-order valence-electron chi connectivity index (χ3n) is 3.64. The summed E-state index contributed by atoms with van der Waals surface area (Å²) in [5.74, 6) is 0.669. The second-order valence-corrected chi connectivity index (χ2v) is 5.33. The van der Waals surface area contributed by atoms with E-state index in [0.29, 0.717) is 0 Å². The second-order valence-electron chi connectivity index (χ2n) is 5.33. The summed E-state index contributed by atoms with van der Waals surface area (Å²) in [5.41, 5.74) is 9.91. The van der Waals surface area contributed by atoms with Gasteiger partial charge in [-0.15, -0.1) is 0 Å². The van der Waals surface area contributed by atoms with Crippen LogP contribution in [-0.4, -0.2) is 16.3 Å². The molecule has 2 aromatic rings. The van der Waals surface area contributed by atoms with Gasteiger partial charge in [0, 0.05) is 13.6 Å². The third-order valence-corrected chi connectivity index (χ3v) is 3.64. The molecule has 114 valence electrons. The van der Waals surface area contributed by atoms with E-state index in [1.165, 1.54) is 6.07 Å². The van der Waals surface area contributed by atoms with E-state index in [1.807, 2.05) is 20.0 Å². The van der Waals surface area contributed by atoms with E-state index in [4.69, 9.17) is 5.73 Å². The highest BCUT2D eigenvalue weighted by molar-refractivity contribution is 5.65. The monoisotopic (exact) mass is 290 g/mol. The lowest BCUT2D eigenvalue weighted by Gasteiger charge is -2.09. The molecule has 1 aromatic heterocycles. The van der Waals surface area contributed by atoms with Crippen LogP contribution in [0.25, 0.3) is 0 Å². The lowest BCUT2D eigenvalue weighted by Crippen LogP contribution is -2.10. The van der Waals surface area contributed by atoms with Crippen molar-refractivity contribution in [3.8, 4) is 0 Å². The molecule has 0 amide bonds. The number of anilines is 2. The number of nitrogens with one attached hydrogen (secondary N) is 1. The zero-order chi connectivity index (χ0) is 15.4. The van der Waals surface area contributed by atoms with Gasteiger partial charge in [-0.3, -0.25) is 4.68 Å². The number of hydrogen-bond acceptors (Lipinski definition) is 3. The number of nitrogen functional groups attached to an aromatic ring is 1. The van der Waals surface area contributed by atoms with Gasteiger partial charge in [-0.25, -0.2) is 4.39 Å². The number of nitrogens with zero attached hydrogens (tertiary/aromatic N) is 2. The van der Waals surface area contributed by atoms with Gasteiger partial charge in [-0.2, -0.15) is 5.10 Å². The van der Waals surface area contributed by atoms with Gasteiger partial charge >= 0.3 is 0 Å². The van der Waals surface area contributed by atoms with Gasteiger partial charge in [0.1, 0.15) is 11.6 Å². The van der Waals surface area contributed by atoms with E-state index in [-0.39, 0.29) is 5.82 Å². The SMILES string of the molecule is CCCc1nn(C)c(NCCc2ccc(F)cc2C)c1N. The maximum atomic E-state index is 13.1. The van der Waals surface area contributed by atoms with Gasteiger partial charge in [0.15, 0.2) is 0 Å². The Hall–Kier alpha value is -2.04.